The first-order chi connectivity index (χ1) is 8.79. The molecule has 110 valence electrons. The van der Waals surface area contributed by atoms with Crippen molar-refractivity contribution in [2.45, 2.75) is 58.5 Å². The molecule has 0 radical (unpaired) electrons. The van der Waals surface area contributed by atoms with Crippen molar-refractivity contribution in [3.05, 3.63) is 0 Å². The lowest BCUT2D eigenvalue weighted by molar-refractivity contribution is -0.143. The molecule has 0 unspecified atom stereocenters. The monoisotopic (exact) mass is 271 g/mol. The largest absolute Gasteiger partial charge is 0.481 e. The number of hydrogen-bond donors (Lipinski definition) is 2. The number of rotatable bonds is 4. The van der Waals surface area contributed by atoms with Gasteiger partial charge >= 0.3 is 12.1 Å². The summed E-state index contributed by atoms with van der Waals surface area (Å²) in [7, 11) is 0. The fourth-order valence-electron chi connectivity index (χ4n) is 2.50. The van der Waals surface area contributed by atoms with Gasteiger partial charge in [0.15, 0.2) is 0 Å². The molecule has 5 heteroatoms. The number of carboxylic acid groups (broad SMARTS) is 1. The van der Waals surface area contributed by atoms with Crippen molar-refractivity contribution in [1.29, 1.82) is 0 Å². The SMILES string of the molecule is CC(C)(C)OC(=O)NC[C@@H](C(=O)O)C1CCCCC1. The van der Waals surface area contributed by atoms with Crippen LogP contribution in [-0.4, -0.2) is 29.3 Å². The molecule has 0 heterocycles. The molecule has 1 fully saturated rings. The quantitative estimate of drug-likeness (QED) is 0.824. The van der Waals surface area contributed by atoms with Crippen molar-refractivity contribution in [2.24, 2.45) is 11.8 Å². The van der Waals surface area contributed by atoms with Crippen LogP contribution in [0.25, 0.3) is 0 Å². The topological polar surface area (TPSA) is 75.6 Å². The van der Waals surface area contributed by atoms with Gasteiger partial charge in [-0.1, -0.05) is 19.3 Å². The minimum atomic E-state index is -0.831. The summed E-state index contributed by atoms with van der Waals surface area (Å²) in [4.78, 5) is 22.8. The van der Waals surface area contributed by atoms with E-state index in [1.54, 1.807) is 20.8 Å². The van der Waals surface area contributed by atoms with E-state index in [4.69, 9.17) is 4.74 Å². The first-order valence-electron chi connectivity index (χ1n) is 6.99. The predicted octanol–water partition coefficient (Wildman–Crippen LogP) is 2.79. The fraction of sp³-hybridized carbons (Fsp3) is 0.857. The van der Waals surface area contributed by atoms with Gasteiger partial charge in [0.2, 0.25) is 0 Å². The van der Waals surface area contributed by atoms with Crippen LogP contribution in [0.2, 0.25) is 0 Å². The van der Waals surface area contributed by atoms with E-state index >= 15 is 0 Å². The number of ether oxygens (including phenoxy) is 1. The molecule has 0 aromatic carbocycles. The minimum absolute atomic E-state index is 0.148. The van der Waals surface area contributed by atoms with Crippen molar-refractivity contribution in [2.75, 3.05) is 6.54 Å². The van der Waals surface area contributed by atoms with Gasteiger partial charge in [-0.05, 0) is 39.5 Å². The highest BCUT2D eigenvalue weighted by Gasteiger charge is 2.30. The first-order valence-corrected chi connectivity index (χ1v) is 6.99. The summed E-state index contributed by atoms with van der Waals surface area (Å²) in [6.07, 6.45) is 4.68. The van der Waals surface area contributed by atoms with Crippen molar-refractivity contribution in [3.63, 3.8) is 0 Å². The summed E-state index contributed by atoms with van der Waals surface area (Å²) in [5.74, 6) is -1.17. The number of amides is 1. The van der Waals surface area contributed by atoms with Crippen molar-refractivity contribution in [1.82, 2.24) is 5.32 Å². The van der Waals surface area contributed by atoms with Crippen molar-refractivity contribution < 1.29 is 19.4 Å². The van der Waals surface area contributed by atoms with E-state index in [2.05, 4.69) is 5.32 Å². The van der Waals surface area contributed by atoms with Crippen LogP contribution in [0, 0.1) is 11.8 Å². The summed E-state index contributed by atoms with van der Waals surface area (Å²) < 4.78 is 5.11. The van der Waals surface area contributed by atoms with Crippen LogP contribution >= 0.6 is 0 Å². The Kier molecular flexibility index (Phi) is 5.63. The molecular formula is C14H25NO4. The Morgan fingerprint density at radius 3 is 2.32 bits per heavy atom. The molecular weight excluding hydrogens is 246 g/mol. The maximum absolute atomic E-state index is 11.5. The normalized spacial score (nSPS) is 18.7. The molecule has 0 bridgehead atoms. The van der Waals surface area contributed by atoms with Crippen LogP contribution in [0.15, 0.2) is 0 Å². The average molecular weight is 271 g/mol. The standard InChI is InChI=1S/C14H25NO4/c1-14(2,3)19-13(18)15-9-11(12(16)17)10-7-5-4-6-8-10/h10-11H,4-9H2,1-3H3,(H,15,18)(H,16,17)/t11-/m1/s1. The highest BCUT2D eigenvalue weighted by atomic mass is 16.6. The Bertz CT molecular complexity index is 316. The molecule has 0 aromatic heterocycles. The van der Waals surface area contributed by atoms with Crippen LogP contribution in [0.3, 0.4) is 0 Å². The molecule has 1 atom stereocenters. The maximum Gasteiger partial charge on any atom is 0.407 e. The number of carbonyl (C=O) groups is 2. The highest BCUT2D eigenvalue weighted by molar-refractivity contribution is 5.73. The van der Waals surface area contributed by atoms with E-state index in [0.717, 1.165) is 25.7 Å². The summed E-state index contributed by atoms with van der Waals surface area (Å²) in [5.41, 5.74) is -0.562. The van der Waals surface area contributed by atoms with Crippen molar-refractivity contribution in [3.8, 4) is 0 Å². The van der Waals surface area contributed by atoms with Gasteiger partial charge in [0.25, 0.3) is 0 Å². The highest BCUT2D eigenvalue weighted by Crippen LogP contribution is 2.30. The van der Waals surface area contributed by atoms with Gasteiger partial charge in [-0.15, -0.1) is 0 Å². The number of alkyl carbamates (subject to hydrolysis) is 1. The third kappa shape index (κ3) is 5.94. The minimum Gasteiger partial charge on any atom is -0.481 e. The lowest BCUT2D eigenvalue weighted by Gasteiger charge is -2.28. The van der Waals surface area contributed by atoms with E-state index in [1.165, 1.54) is 6.42 Å². The predicted molar refractivity (Wildman–Crippen MR) is 71.9 cm³/mol. The van der Waals surface area contributed by atoms with Gasteiger partial charge in [-0.25, -0.2) is 4.79 Å². The molecule has 1 saturated carbocycles. The second kappa shape index (κ2) is 6.78. The molecule has 1 aliphatic carbocycles. The number of carboxylic acids is 1. The maximum atomic E-state index is 11.5. The Labute approximate surface area is 114 Å². The molecule has 1 aliphatic rings. The molecule has 1 rings (SSSR count). The molecule has 1 amide bonds. The summed E-state index contributed by atoms with van der Waals surface area (Å²) >= 11 is 0. The van der Waals surface area contributed by atoms with Crippen LogP contribution in [0.5, 0.6) is 0 Å². The van der Waals surface area contributed by atoms with E-state index < -0.39 is 23.6 Å². The Morgan fingerprint density at radius 1 is 1.26 bits per heavy atom. The summed E-state index contributed by atoms with van der Waals surface area (Å²) in [6, 6.07) is 0. The molecule has 0 spiro atoms. The van der Waals surface area contributed by atoms with Gasteiger partial charge < -0.3 is 15.2 Å². The van der Waals surface area contributed by atoms with Gasteiger partial charge in [0.1, 0.15) is 5.60 Å². The lowest BCUT2D eigenvalue weighted by atomic mass is 9.80. The zero-order chi connectivity index (χ0) is 14.5. The number of nitrogens with one attached hydrogen (secondary N) is 1. The number of hydrogen-bond acceptors (Lipinski definition) is 3. The van der Waals surface area contributed by atoms with Gasteiger partial charge in [-0.3, -0.25) is 4.79 Å². The number of carbonyl (C=O) groups excluding carboxylic acids is 1. The van der Waals surface area contributed by atoms with E-state index in [-0.39, 0.29) is 12.5 Å². The van der Waals surface area contributed by atoms with Crippen molar-refractivity contribution >= 4 is 12.1 Å². The molecule has 0 aliphatic heterocycles. The smallest absolute Gasteiger partial charge is 0.407 e. The van der Waals surface area contributed by atoms with Crippen LogP contribution < -0.4 is 5.32 Å². The Morgan fingerprint density at radius 2 is 1.84 bits per heavy atom. The molecule has 5 nitrogen and oxygen atoms in total. The van der Waals surface area contributed by atoms with Crippen LogP contribution in [0.1, 0.15) is 52.9 Å². The third-order valence-electron chi connectivity index (χ3n) is 3.40. The molecule has 0 aromatic rings. The zero-order valence-electron chi connectivity index (χ0n) is 12.1. The third-order valence-corrected chi connectivity index (χ3v) is 3.40. The van der Waals surface area contributed by atoms with Gasteiger partial charge in [0, 0.05) is 6.54 Å². The van der Waals surface area contributed by atoms with Crippen LogP contribution in [0.4, 0.5) is 4.79 Å². The summed E-state index contributed by atoms with van der Waals surface area (Å²) in [6.45, 7) is 5.49. The Hall–Kier alpha value is -1.26. The second-order valence-electron chi connectivity index (χ2n) is 6.23. The van der Waals surface area contributed by atoms with Gasteiger partial charge in [-0.2, -0.15) is 0 Å². The fourth-order valence-corrected chi connectivity index (χ4v) is 2.50. The Balaban J connectivity index is 2.45. The van der Waals surface area contributed by atoms with Gasteiger partial charge in [0.05, 0.1) is 5.92 Å². The zero-order valence-corrected chi connectivity index (χ0v) is 12.1. The van der Waals surface area contributed by atoms with Crippen LogP contribution in [-0.2, 0) is 9.53 Å². The average Bonchev–Trinajstić information content (AvgIpc) is 2.27. The van der Waals surface area contributed by atoms with E-state index in [1.807, 2.05) is 0 Å². The number of aliphatic carboxylic acids is 1. The van der Waals surface area contributed by atoms with E-state index in [9.17, 15) is 14.7 Å². The molecule has 2 N–H and O–H groups in total. The molecule has 0 saturated heterocycles. The first kappa shape index (κ1) is 15.8. The lowest BCUT2D eigenvalue weighted by Crippen LogP contribution is -2.40. The summed E-state index contributed by atoms with van der Waals surface area (Å²) in [5, 5.41) is 11.9. The second-order valence-corrected chi connectivity index (χ2v) is 6.23. The van der Waals surface area contributed by atoms with E-state index in [0.29, 0.717) is 0 Å². The molecule has 19 heavy (non-hydrogen) atoms.